The lowest BCUT2D eigenvalue weighted by molar-refractivity contribution is -0.143. The number of hydrogen-bond donors (Lipinski definition) is 0. The summed E-state index contributed by atoms with van der Waals surface area (Å²) >= 11 is 0. The third-order valence-electron chi connectivity index (χ3n) is 4.10. The third-order valence-corrected chi connectivity index (χ3v) is 5.23. The highest BCUT2D eigenvalue weighted by Gasteiger charge is 2.33. The maximum atomic E-state index is 13.1. The van der Waals surface area contributed by atoms with Gasteiger partial charge in [-0.25, -0.2) is 8.42 Å². The quantitative estimate of drug-likeness (QED) is 0.378. The molecule has 0 aliphatic heterocycles. The Labute approximate surface area is 164 Å². The zero-order chi connectivity index (χ0) is 20.9. The van der Waals surface area contributed by atoms with Crippen LogP contribution in [0.25, 0.3) is 0 Å². The van der Waals surface area contributed by atoms with Gasteiger partial charge in [0.25, 0.3) is 0 Å². The van der Waals surface area contributed by atoms with Gasteiger partial charge in [0.1, 0.15) is 17.4 Å². The van der Waals surface area contributed by atoms with Gasteiger partial charge in [0.05, 0.1) is 25.7 Å². The van der Waals surface area contributed by atoms with E-state index in [1.807, 2.05) is 0 Å². The molecule has 150 valence electrons. The first-order chi connectivity index (χ1) is 13.2. The number of methoxy groups -OCH3 is 2. The summed E-state index contributed by atoms with van der Waals surface area (Å²) in [7, 11) is -0.503. The monoisotopic (exact) mass is 406 g/mol. The summed E-state index contributed by atoms with van der Waals surface area (Å²) in [6.07, 6.45) is 1.08. The van der Waals surface area contributed by atoms with Gasteiger partial charge in [-0.3, -0.25) is 9.59 Å². The molecule has 0 saturated carbocycles. The van der Waals surface area contributed by atoms with Crippen LogP contribution in [0.2, 0.25) is 0 Å². The van der Waals surface area contributed by atoms with Crippen LogP contribution in [0.4, 0.5) is 0 Å². The second kappa shape index (κ2) is 8.88. The van der Waals surface area contributed by atoms with Gasteiger partial charge >= 0.3 is 5.97 Å². The lowest BCUT2D eigenvalue weighted by atomic mass is 9.89. The van der Waals surface area contributed by atoms with Crippen molar-refractivity contribution in [3.63, 3.8) is 0 Å². The molecule has 0 heterocycles. The van der Waals surface area contributed by atoms with Gasteiger partial charge in [0, 0.05) is 17.4 Å². The average molecular weight is 406 g/mol. The zero-order valence-electron chi connectivity index (χ0n) is 16.1. The van der Waals surface area contributed by atoms with E-state index in [0.717, 1.165) is 6.26 Å². The highest BCUT2D eigenvalue weighted by molar-refractivity contribution is 7.90. The lowest BCUT2D eigenvalue weighted by Crippen LogP contribution is -2.25. The van der Waals surface area contributed by atoms with E-state index in [9.17, 15) is 18.0 Å². The van der Waals surface area contributed by atoms with E-state index in [-0.39, 0.29) is 17.1 Å². The Morgan fingerprint density at radius 1 is 1.00 bits per heavy atom. The molecular formula is C20H22O7S. The molecule has 8 heteroatoms. The SMILES string of the molecule is CCOC(=O)C(C(=O)c1ccc(S(C)(=O)=O)cc1)c1cc(OC)ccc1OC. The molecule has 0 spiro atoms. The zero-order valence-corrected chi connectivity index (χ0v) is 16.9. The first kappa shape index (κ1) is 21.4. The fourth-order valence-corrected chi connectivity index (χ4v) is 3.33. The minimum absolute atomic E-state index is 0.0793. The van der Waals surface area contributed by atoms with E-state index < -0.39 is 27.5 Å². The van der Waals surface area contributed by atoms with Gasteiger partial charge < -0.3 is 14.2 Å². The third kappa shape index (κ3) is 4.69. The standard InChI is InChI=1S/C20H22O7S/c1-5-27-20(22)18(16-12-14(25-2)8-11-17(16)26-3)19(21)13-6-9-15(10-7-13)28(4,23)24/h6-12,18H,5H2,1-4H3. The second-order valence-electron chi connectivity index (χ2n) is 5.95. The molecule has 2 rings (SSSR count). The van der Waals surface area contributed by atoms with Crippen molar-refractivity contribution >= 4 is 21.6 Å². The fourth-order valence-electron chi connectivity index (χ4n) is 2.70. The predicted molar refractivity (Wildman–Crippen MR) is 103 cm³/mol. The van der Waals surface area contributed by atoms with Crippen molar-refractivity contribution < 1.29 is 32.2 Å². The van der Waals surface area contributed by atoms with Crippen molar-refractivity contribution in [2.24, 2.45) is 0 Å². The smallest absolute Gasteiger partial charge is 0.321 e. The number of ketones is 1. The molecule has 0 saturated heterocycles. The molecule has 2 aromatic carbocycles. The molecule has 0 aliphatic rings. The van der Waals surface area contributed by atoms with Gasteiger partial charge in [-0.1, -0.05) is 12.1 Å². The topological polar surface area (TPSA) is 96.0 Å². The Bertz CT molecular complexity index is 963. The molecule has 0 amide bonds. The average Bonchev–Trinajstić information content (AvgIpc) is 2.67. The Morgan fingerprint density at radius 2 is 1.64 bits per heavy atom. The molecule has 0 aromatic heterocycles. The van der Waals surface area contributed by atoms with Crippen molar-refractivity contribution in [3.05, 3.63) is 53.6 Å². The molecule has 0 radical (unpaired) electrons. The normalized spacial score (nSPS) is 12.1. The number of benzene rings is 2. The van der Waals surface area contributed by atoms with Crippen molar-refractivity contribution in [1.29, 1.82) is 0 Å². The highest BCUT2D eigenvalue weighted by atomic mass is 32.2. The summed E-state index contributed by atoms with van der Waals surface area (Å²) in [6.45, 7) is 1.74. The van der Waals surface area contributed by atoms with Crippen molar-refractivity contribution in [2.45, 2.75) is 17.7 Å². The van der Waals surface area contributed by atoms with Crippen LogP contribution in [0, 0.1) is 0 Å². The number of carbonyl (C=O) groups is 2. The predicted octanol–water partition coefficient (Wildman–Crippen LogP) is 2.64. The van der Waals surface area contributed by atoms with Gasteiger partial charge in [0.15, 0.2) is 15.6 Å². The number of carbonyl (C=O) groups excluding carboxylic acids is 2. The largest absolute Gasteiger partial charge is 0.497 e. The van der Waals surface area contributed by atoms with Crippen LogP contribution >= 0.6 is 0 Å². The molecule has 7 nitrogen and oxygen atoms in total. The van der Waals surface area contributed by atoms with Crippen LogP contribution in [-0.4, -0.2) is 47.3 Å². The number of hydrogen-bond acceptors (Lipinski definition) is 7. The van der Waals surface area contributed by atoms with Gasteiger partial charge in [-0.05, 0) is 37.3 Å². The maximum Gasteiger partial charge on any atom is 0.321 e. The Balaban J connectivity index is 2.55. The van der Waals surface area contributed by atoms with Crippen molar-refractivity contribution in [2.75, 3.05) is 27.1 Å². The molecule has 1 atom stereocenters. The van der Waals surface area contributed by atoms with Gasteiger partial charge in [0.2, 0.25) is 0 Å². The minimum Gasteiger partial charge on any atom is -0.497 e. The molecule has 0 bridgehead atoms. The summed E-state index contributed by atoms with van der Waals surface area (Å²) < 4.78 is 38.9. The van der Waals surface area contributed by atoms with E-state index in [1.54, 1.807) is 25.1 Å². The molecule has 28 heavy (non-hydrogen) atoms. The molecule has 2 aromatic rings. The van der Waals surface area contributed by atoms with Crippen LogP contribution in [0.5, 0.6) is 11.5 Å². The highest BCUT2D eigenvalue weighted by Crippen LogP contribution is 2.34. The molecule has 0 N–H and O–H groups in total. The van der Waals surface area contributed by atoms with Crippen LogP contribution in [0.3, 0.4) is 0 Å². The number of esters is 1. The molecule has 0 aliphatic carbocycles. The Morgan fingerprint density at radius 3 is 2.14 bits per heavy atom. The van der Waals surface area contributed by atoms with Gasteiger partial charge in [-0.2, -0.15) is 0 Å². The molecule has 0 fully saturated rings. The Hall–Kier alpha value is -2.87. The number of Topliss-reactive ketones (excluding diaryl/α,β-unsaturated/α-hetero) is 1. The van der Waals surface area contributed by atoms with Crippen LogP contribution < -0.4 is 9.47 Å². The van der Waals surface area contributed by atoms with Crippen molar-refractivity contribution in [1.82, 2.24) is 0 Å². The van der Waals surface area contributed by atoms with E-state index in [2.05, 4.69) is 0 Å². The molecular weight excluding hydrogens is 384 g/mol. The van der Waals surface area contributed by atoms with E-state index in [1.165, 1.54) is 38.5 Å². The maximum absolute atomic E-state index is 13.1. The lowest BCUT2D eigenvalue weighted by Gasteiger charge is -2.18. The summed E-state index contributed by atoms with van der Waals surface area (Å²) in [5, 5.41) is 0. The second-order valence-corrected chi connectivity index (χ2v) is 7.97. The molecule has 1 unspecified atom stereocenters. The fraction of sp³-hybridized carbons (Fsp3) is 0.300. The number of ether oxygens (including phenoxy) is 3. The first-order valence-electron chi connectivity index (χ1n) is 8.45. The summed E-state index contributed by atoms with van der Waals surface area (Å²) in [4.78, 5) is 25.8. The summed E-state index contributed by atoms with van der Waals surface area (Å²) in [5.74, 6) is -1.77. The van der Waals surface area contributed by atoms with E-state index in [4.69, 9.17) is 14.2 Å². The van der Waals surface area contributed by atoms with Crippen molar-refractivity contribution in [3.8, 4) is 11.5 Å². The minimum atomic E-state index is -3.40. The van der Waals surface area contributed by atoms with Crippen LogP contribution in [0.1, 0.15) is 28.8 Å². The van der Waals surface area contributed by atoms with E-state index in [0.29, 0.717) is 17.1 Å². The Kier molecular flexibility index (Phi) is 6.80. The van der Waals surface area contributed by atoms with Gasteiger partial charge in [-0.15, -0.1) is 0 Å². The summed E-state index contributed by atoms with van der Waals surface area (Å²) in [5.41, 5.74) is 0.479. The van der Waals surface area contributed by atoms with Crippen LogP contribution in [-0.2, 0) is 19.4 Å². The van der Waals surface area contributed by atoms with Crippen LogP contribution in [0.15, 0.2) is 47.4 Å². The number of sulfone groups is 1. The van der Waals surface area contributed by atoms with E-state index >= 15 is 0 Å². The summed E-state index contributed by atoms with van der Waals surface area (Å²) in [6, 6.07) is 10.2. The first-order valence-corrected chi connectivity index (χ1v) is 10.3. The number of rotatable bonds is 8.